The molecule has 0 bridgehead atoms. The molecule has 0 fully saturated rings. The van der Waals surface area contributed by atoms with Crippen molar-refractivity contribution in [1.29, 1.82) is 5.41 Å². The first-order valence-electron chi connectivity index (χ1n) is 7.27. The molecule has 4 N–H and O–H groups in total. The minimum Gasteiger partial charge on any atom is -0.404 e. The van der Waals surface area contributed by atoms with Crippen LogP contribution in [0.5, 0.6) is 0 Å². The van der Waals surface area contributed by atoms with Crippen LogP contribution >= 0.6 is 0 Å². The van der Waals surface area contributed by atoms with Crippen molar-refractivity contribution in [2.45, 2.75) is 19.9 Å². The van der Waals surface area contributed by atoms with E-state index in [2.05, 4.69) is 15.3 Å². The topological polar surface area (TPSA) is 105 Å². The number of nitrogens with one attached hydrogen (secondary N) is 2. The highest BCUT2D eigenvalue weighted by atomic mass is 16.1. The van der Waals surface area contributed by atoms with E-state index in [1.807, 2.05) is 25.1 Å². The maximum absolute atomic E-state index is 11.8. The van der Waals surface area contributed by atoms with E-state index in [0.29, 0.717) is 29.8 Å². The van der Waals surface area contributed by atoms with Gasteiger partial charge < -0.3 is 16.5 Å². The highest BCUT2D eigenvalue weighted by Gasteiger charge is 2.21. The van der Waals surface area contributed by atoms with Gasteiger partial charge in [-0.1, -0.05) is 6.07 Å². The second-order valence-corrected chi connectivity index (χ2v) is 5.40. The van der Waals surface area contributed by atoms with Gasteiger partial charge in [0.2, 0.25) is 0 Å². The van der Waals surface area contributed by atoms with Crippen LogP contribution in [0.25, 0.3) is 5.57 Å². The summed E-state index contributed by atoms with van der Waals surface area (Å²) in [5.74, 6) is -0.0640. The van der Waals surface area contributed by atoms with Crippen LogP contribution in [0, 0.1) is 12.3 Å². The van der Waals surface area contributed by atoms with Crippen molar-refractivity contribution in [2.75, 3.05) is 0 Å². The van der Waals surface area contributed by atoms with Gasteiger partial charge in [-0.3, -0.25) is 14.8 Å². The molecule has 1 aliphatic rings. The second-order valence-electron chi connectivity index (χ2n) is 5.40. The monoisotopic (exact) mass is 307 g/mol. The lowest BCUT2D eigenvalue weighted by Gasteiger charge is -2.08. The van der Waals surface area contributed by atoms with E-state index in [4.69, 9.17) is 11.1 Å². The van der Waals surface area contributed by atoms with Crippen molar-refractivity contribution in [2.24, 2.45) is 5.73 Å². The number of carbonyl (C=O) groups is 1. The minimum atomic E-state index is -0.0640. The van der Waals surface area contributed by atoms with Crippen LogP contribution in [0.4, 0.5) is 0 Å². The number of aryl methyl sites for hydroxylation is 1. The molecule has 0 saturated carbocycles. The molecule has 6 nitrogen and oxygen atoms in total. The number of hydrogen-bond donors (Lipinski definition) is 3. The molecule has 0 spiro atoms. The van der Waals surface area contributed by atoms with E-state index in [1.54, 1.807) is 6.20 Å². The Labute approximate surface area is 134 Å². The van der Waals surface area contributed by atoms with E-state index in [-0.39, 0.29) is 5.91 Å². The number of pyridine rings is 2. The Hall–Kier alpha value is -3.02. The number of aromatic nitrogens is 2. The summed E-state index contributed by atoms with van der Waals surface area (Å²) in [6, 6.07) is 5.70. The standard InChI is InChI=1S/C17H17N5O/c1-10-12(5-14-16(22-10)9-21-17(14)23)4-11-2-3-15(20-8-11)13(6-18)7-19/h2-3,5-8,18H,4,9,19H2,1H3,(H,21,23)/b13-7+,18-6?. The van der Waals surface area contributed by atoms with Gasteiger partial charge in [0.1, 0.15) is 0 Å². The first kappa shape index (κ1) is 14.9. The van der Waals surface area contributed by atoms with E-state index in [9.17, 15) is 4.79 Å². The predicted octanol–water partition coefficient (Wildman–Crippen LogP) is 1.57. The van der Waals surface area contributed by atoms with Gasteiger partial charge in [-0.25, -0.2) is 0 Å². The van der Waals surface area contributed by atoms with Crippen molar-refractivity contribution in [3.8, 4) is 0 Å². The SMILES string of the molecule is Cc1nc2c(cc1Cc1ccc(/C(C=N)=C/N)nc1)C(=O)NC2. The third-order valence-electron chi connectivity index (χ3n) is 3.91. The first-order valence-corrected chi connectivity index (χ1v) is 7.27. The van der Waals surface area contributed by atoms with Gasteiger partial charge in [0.25, 0.3) is 5.91 Å². The van der Waals surface area contributed by atoms with Crippen molar-refractivity contribution < 1.29 is 4.79 Å². The summed E-state index contributed by atoms with van der Waals surface area (Å²) in [4.78, 5) is 20.6. The minimum absolute atomic E-state index is 0.0640. The molecular formula is C17H17N5O. The predicted molar refractivity (Wildman–Crippen MR) is 88.1 cm³/mol. The van der Waals surface area contributed by atoms with Crippen LogP contribution in [0.15, 0.2) is 30.6 Å². The fraction of sp³-hybridized carbons (Fsp3) is 0.176. The Balaban J connectivity index is 1.87. The third-order valence-corrected chi connectivity index (χ3v) is 3.91. The van der Waals surface area contributed by atoms with Crippen LogP contribution < -0.4 is 11.1 Å². The van der Waals surface area contributed by atoms with E-state index >= 15 is 0 Å². The lowest BCUT2D eigenvalue weighted by atomic mass is 10.0. The largest absolute Gasteiger partial charge is 0.404 e. The molecule has 6 heteroatoms. The maximum atomic E-state index is 11.8. The highest BCUT2D eigenvalue weighted by molar-refractivity contribution is 6.07. The van der Waals surface area contributed by atoms with Gasteiger partial charge in [-0.05, 0) is 30.2 Å². The fourth-order valence-electron chi connectivity index (χ4n) is 2.59. The van der Waals surface area contributed by atoms with Gasteiger partial charge in [0, 0.05) is 36.3 Å². The smallest absolute Gasteiger partial charge is 0.253 e. The molecule has 0 aliphatic carbocycles. The summed E-state index contributed by atoms with van der Waals surface area (Å²) in [6.07, 6.45) is 4.95. The average molecular weight is 307 g/mol. The van der Waals surface area contributed by atoms with Gasteiger partial charge in [0.15, 0.2) is 0 Å². The summed E-state index contributed by atoms with van der Waals surface area (Å²) in [7, 11) is 0. The number of carbonyl (C=O) groups excluding carboxylic acids is 1. The van der Waals surface area contributed by atoms with Gasteiger partial charge in [-0.15, -0.1) is 0 Å². The first-order chi connectivity index (χ1) is 11.1. The molecule has 3 heterocycles. The van der Waals surface area contributed by atoms with Crippen molar-refractivity contribution in [3.05, 3.63) is 64.4 Å². The molecular weight excluding hydrogens is 290 g/mol. The zero-order valence-corrected chi connectivity index (χ0v) is 12.8. The molecule has 0 saturated heterocycles. The maximum Gasteiger partial charge on any atom is 0.253 e. The van der Waals surface area contributed by atoms with Crippen molar-refractivity contribution in [3.63, 3.8) is 0 Å². The second kappa shape index (κ2) is 6.00. The molecule has 3 rings (SSSR count). The molecule has 0 unspecified atom stereocenters. The number of nitrogens with two attached hydrogens (primary N) is 1. The summed E-state index contributed by atoms with van der Waals surface area (Å²) >= 11 is 0. The van der Waals surface area contributed by atoms with E-state index in [1.165, 1.54) is 12.4 Å². The third kappa shape index (κ3) is 2.83. The fourth-order valence-corrected chi connectivity index (χ4v) is 2.59. The van der Waals surface area contributed by atoms with Gasteiger partial charge >= 0.3 is 0 Å². The summed E-state index contributed by atoms with van der Waals surface area (Å²) in [6.45, 7) is 2.45. The molecule has 1 aliphatic heterocycles. The molecule has 1 amide bonds. The van der Waals surface area contributed by atoms with Crippen LogP contribution in [0.3, 0.4) is 0 Å². The van der Waals surface area contributed by atoms with Crippen LogP contribution in [0.1, 0.15) is 38.6 Å². The molecule has 0 aromatic carbocycles. The number of amides is 1. The number of hydrogen-bond acceptors (Lipinski definition) is 5. The number of fused-ring (bicyclic) bond motifs is 1. The lowest BCUT2D eigenvalue weighted by molar-refractivity contribution is 0.0965. The molecule has 2 aromatic rings. The molecule has 0 radical (unpaired) electrons. The zero-order chi connectivity index (χ0) is 16.4. The van der Waals surface area contributed by atoms with Crippen molar-refractivity contribution >= 4 is 17.7 Å². The van der Waals surface area contributed by atoms with Gasteiger partial charge in [-0.2, -0.15) is 0 Å². The van der Waals surface area contributed by atoms with Crippen LogP contribution in [-0.4, -0.2) is 22.1 Å². The highest BCUT2D eigenvalue weighted by Crippen LogP contribution is 2.20. The summed E-state index contributed by atoms with van der Waals surface area (Å²) in [5, 5.41) is 10.1. The molecule has 23 heavy (non-hydrogen) atoms. The van der Waals surface area contributed by atoms with E-state index < -0.39 is 0 Å². The number of nitrogens with zero attached hydrogens (tertiary/aromatic N) is 2. The molecule has 0 atom stereocenters. The molecule has 116 valence electrons. The summed E-state index contributed by atoms with van der Waals surface area (Å²) < 4.78 is 0. The van der Waals surface area contributed by atoms with Gasteiger partial charge in [0.05, 0.1) is 23.5 Å². The Morgan fingerprint density at radius 2 is 2.30 bits per heavy atom. The Morgan fingerprint density at radius 1 is 1.48 bits per heavy atom. The van der Waals surface area contributed by atoms with Crippen LogP contribution in [-0.2, 0) is 13.0 Å². The number of allylic oxidation sites excluding steroid dienone is 1. The Morgan fingerprint density at radius 3 is 2.96 bits per heavy atom. The lowest BCUT2D eigenvalue weighted by Crippen LogP contribution is -2.12. The molecule has 2 aromatic heterocycles. The Bertz CT molecular complexity index is 808. The van der Waals surface area contributed by atoms with E-state index in [0.717, 1.165) is 22.5 Å². The normalized spacial score (nSPS) is 13.6. The van der Waals surface area contributed by atoms with Crippen molar-refractivity contribution in [1.82, 2.24) is 15.3 Å². The summed E-state index contributed by atoms with van der Waals surface area (Å²) in [5.41, 5.74) is 11.1. The quantitative estimate of drug-likeness (QED) is 0.746. The average Bonchev–Trinajstić information content (AvgIpc) is 2.91. The zero-order valence-electron chi connectivity index (χ0n) is 12.8. The number of rotatable bonds is 4. The Kier molecular flexibility index (Phi) is 3.89. The van der Waals surface area contributed by atoms with Crippen LogP contribution in [0.2, 0.25) is 0 Å².